The molecule has 0 spiro atoms. The fraction of sp³-hybridized carbons (Fsp3) is 0.429. The van der Waals surface area contributed by atoms with E-state index in [0.29, 0.717) is 17.8 Å². The lowest BCUT2D eigenvalue weighted by molar-refractivity contribution is -0.115. The zero-order valence-electron chi connectivity index (χ0n) is 10.7. The van der Waals surface area contributed by atoms with E-state index in [0.717, 1.165) is 13.0 Å². The summed E-state index contributed by atoms with van der Waals surface area (Å²) in [6.45, 7) is 3.31. The first-order valence-corrected chi connectivity index (χ1v) is 6.27. The molecule has 2 N–H and O–H groups in total. The molecule has 0 heterocycles. The van der Waals surface area contributed by atoms with Gasteiger partial charge in [0.2, 0.25) is 5.91 Å². The number of hydrogen-bond donors (Lipinski definition) is 2. The molecule has 0 saturated carbocycles. The number of carbonyl (C=O) groups excluding carboxylic acids is 1. The van der Waals surface area contributed by atoms with Gasteiger partial charge in [-0.3, -0.25) is 4.79 Å². The van der Waals surface area contributed by atoms with E-state index in [-0.39, 0.29) is 5.91 Å². The average molecular weight is 245 g/mol. The summed E-state index contributed by atoms with van der Waals surface area (Å²) in [5, 5.41) is 14.6. The number of carbonyl (C=O) groups is 1. The van der Waals surface area contributed by atoms with E-state index in [2.05, 4.69) is 17.6 Å². The number of nitrogens with one attached hydrogen (secondary N) is 2. The zero-order chi connectivity index (χ0) is 13.2. The molecule has 0 fully saturated rings. The smallest absolute Gasteiger partial charge is 0.238 e. The van der Waals surface area contributed by atoms with E-state index in [4.69, 9.17) is 5.26 Å². The summed E-state index contributed by atoms with van der Waals surface area (Å²) in [4.78, 5) is 11.6. The molecular formula is C14H19N3O. The van der Waals surface area contributed by atoms with Crippen LogP contribution in [-0.4, -0.2) is 19.0 Å². The van der Waals surface area contributed by atoms with Crippen LogP contribution in [0.25, 0.3) is 0 Å². The van der Waals surface area contributed by atoms with E-state index < -0.39 is 0 Å². The SMILES string of the molecule is CCCCCNCC(=O)Nc1cccc(C#N)c1. The molecule has 0 aliphatic rings. The molecule has 1 amide bonds. The van der Waals surface area contributed by atoms with Crippen LogP contribution in [-0.2, 0) is 4.79 Å². The Morgan fingerprint density at radius 3 is 2.94 bits per heavy atom. The monoisotopic (exact) mass is 245 g/mol. The van der Waals surface area contributed by atoms with Gasteiger partial charge in [0.1, 0.15) is 0 Å². The van der Waals surface area contributed by atoms with Crippen LogP contribution in [0.4, 0.5) is 5.69 Å². The molecule has 4 heteroatoms. The lowest BCUT2D eigenvalue weighted by Crippen LogP contribution is -2.28. The maximum absolute atomic E-state index is 11.6. The number of amides is 1. The second-order valence-corrected chi connectivity index (χ2v) is 4.12. The number of hydrogen-bond acceptors (Lipinski definition) is 3. The maximum Gasteiger partial charge on any atom is 0.238 e. The highest BCUT2D eigenvalue weighted by Gasteiger charge is 2.02. The van der Waals surface area contributed by atoms with Gasteiger partial charge in [0.15, 0.2) is 0 Å². The first kappa shape index (κ1) is 14.2. The van der Waals surface area contributed by atoms with Crippen LogP contribution in [0.15, 0.2) is 24.3 Å². The quantitative estimate of drug-likeness (QED) is 0.724. The van der Waals surface area contributed by atoms with Crippen molar-refractivity contribution in [1.29, 1.82) is 5.26 Å². The molecule has 0 aliphatic heterocycles. The molecule has 1 rings (SSSR count). The van der Waals surface area contributed by atoms with Crippen molar-refractivity contribution in [2.24, 2.45) is 0 Å². The third-order valence-corrected chi connectivity index (χ3v) is 2.52. The number of benzene rings is 1. The molecule has 18 heavy (non-hydrogen) atoms. The molecule has 0 bridgehead atoms. The Kier molecular flexibility index (Phi) is 6.52. The van der Waals surface area contributed by atoms with Gasteiger partial charge in [0.05, 0.1) is 18.2 Å². The molecule has 0 atom stereocenters. The summed E-state index contributed by atoms with van der Waals surface area (Å²) in [5.41, 5.74) is 1.21. The largest absolute Gasteiger partial charge is 0.325 e. The fourth-order valence-corrected chi connectivity index (χ4v) is 1.57. The standard InChI is InChI=1S/C14H19N3O/c1-2-3-4-8-16-11-14(18)17-13-7-5-6-12(9-13)10-15/h5-7,9,16H,2-4,8,11H2,1H3,(H,17,18). The minimum atomic E-state index is -0.0819. The van der Waals surface area contributed by atoms with Crippen molar-refractivity contribution >= 4 is 11.6 Å². The van der Waals surface area contributed by atoms with Crippen molar-refractivity contribution < 1.29 is 4.79 Å². The second kappa shape index (κ2) is 8.26. The Morgan fingerprint density at radius 2 is 2.22 bits per heavy atom. The number of nitrogens with zero attached hydrogens (tertiary/aromatic N) is 1. The first-order valence-electron chi connectivity index (χ1n) is 6.27. The lowest BCUT2D eigenvalue weighted by Gasteiger charge is -2.06. The van der Waals surface area contributed by atoms with Crippen molar-refractivity contribution in [3.05, 3.63) is 29.8 Å². The molecule has 0 saturated heterocycles. The van der Waals surface area contributed by atoms with Crippen LogP contribution >= 0.6 is 0 Å². The predicted octanol–water partition coefficient (Wildman–Crippen LogP) is 2.28. The molecule has 0 aromatic heterocycles. The van der Waals surface area contributed by atoms with Crippen molar-refractivity contribution in [3.8, 4) is 6.07 Å². The third-order valence-electron chi connectivity index (χ3n) is 2.52. The molecular weight excluding hydrogens is 226 g/mol. The Morgan fingerprint density at radius 1 is 1.39 bits per heavy atom. The number of unbranched alkanes of at least 4 members (excludes halogenated alkanes) is 2. The highest BCUT2D eigenvalue weighted by molar-refractivity contribution is 5.92. The maximum atomic E-state index is 11.6. The van der Waals surface area contributed by atoms with Gasteiger partial charge < -0.3 is 10.6 Å². The molecule has 0 unspecified atom stereocenters. The fourth-order valence-electron chi connectivity index (χ4n) is 1.57. The minimum absolute atomic E-state index is 0.0819. The number of nitriles is 1. The number of rotatable bonds is 7. The third kappa shape index (κ3) is 5.46. The van der Waals surface area contributed by atoms with E-state index in [9.17, 15) is 4.79 Å². The van der Waals surface area contributed by atoms with Gasteiger partial charge in [-0.2, -0.15) is 5.26 Å². The van der Waals surface area contributed by atoms with Crippen molar-refractivity contribution in [1.82, 2.24) is 5.32 Å². The second-order valence-electron chi connectivity index (χ2n) is 4.12. The summed E-state index contributed by atoms with van der Waals surface area (Å²) in [7, 11) is 0. The van der Waals surface area contributed by atoms with E-state index in [1.165, 1.54) is 12.8 Å². The van der Waals surface area contributed by atoms with Crippen LogP contribution in [0.5, 0.6) is 0 Å². The zero-order valence-corrected chi connectivity index (χ0v) is 10.7. The topological polar surface area (TPSA) is 64.9 Å². The molecule has 4 nitrogen and oxygen atoms in total. The summed E-state index contributed by atoms with van der Waals surface area (Å²) < 4.78 is 0. The van der Waals surface area contributed by atoms with E-state index >= 15 is 0 Å². The van der Waals surface area contributed by atoms with Crippen molar-refractivity contribution in [3.63, 3.8) is 0 Å². The summed E-state index contributed by atoms with van der Waals surface area (Å²) in [6, 6.07) is 8.94. The van der Waals surface area contributed by atoms with Crippen LogP contribution in [0.2, 0.25) is 0 Å². The van der Waals surface area contributed by atoms with Gasteiger partial charge >= 0.3 is 0 Å². The van der Waals surface area contributed by atoms with Crippen LogP contribution in [0.3, 0.4) is 0 Å². The van der Waals surface area contributed by atoms with Gasteiger partial charge in [-0.15, -0.1) is 0 Å². The van der Waals surface area contributed by atoms with Gasteiger partial charge in [-0.1, -0.05) is 25.8 Å². The Labute approximate surface area is 108 Å². The highest BCUT2D eigenvalue weighted by Crippen LogP contribution is 2.09. The highest BCUT2D eigenvalue weighted by atomic mass is 16.1. The minimum Gasteiger partial charge on any atom is -0.325 e. The molecule has 96 valence electrons. The molecule has 0 aliphatic carbocycles. The average Bonchev–Trinajstić information content (AvgIpc) is 2.38. The van der Waals surface area contributed by atoms with Gasteiger partial charge in [-0.25, -0.2) is 0 Å². The van der Waals surface area contributed by atoms with Crippen LogP contribution < -0.4 is 10.6 Å². The summed E-state index contributed by atoms with van der Waals surface area (Å²) in [6.07, 6.45) is 3.45. The summed E-state index contributed by atoms with van der Waals surface area (Å²) >= 11 is 0. The Balaban J connectivity index is 2.29. The Hall–Kier alpha value is -1.86. The number of anilines is 1. The van der Waals surface area contributed by atoms with Gasteiger partial charge in [0.25, 0.3) is 0 Å². The van der Waals surface area contributed by atoms with Crippen LogP contribution in [0, 0.1) is 11.3 Å². The van der Waals surface area contributed by atoms with Crippen LogP contribution in [0.1, 0.15) is 31.7 Å². The van der Waals surface area contributed by atoms with Crippen molar-refractivity contribution in [2.75, 3.05) is 18.4 Å². The normalized spacial score (nSPS) is 9.78. The lowest BCUT2D eigenvalue weighted by atomic mass is 10.2. The molecule has 1 aromatic carbocycles. The van der Waals surface area contributed by atoms with E-state index in [1.54, 1.807) is 24.3 Å². The molecule has 1 aromatic rings. The Bertz CT molecular complexity index is 423. The summed E-state index contributed by atoms with van der Waals surface area (Å²) in [5.74, 6) is -0.0819. The van der Waals surface area contributed by atoms with Gasteiger partial charge in [-0.05, 0) is 31.2 Å². The van der Waals surface area contributed by atoms with Crippen molar-refractivity contribution in [2.45, 2.75) is 26.2 Å². The predicted molar refractivity (Wildman–Crippen MR) is 72.2 cm³/mol. The van der Waals surface area contributed by atoms with Gasteiger partial charge in [0, 0.05) is 5.69 Å². The first-order chi connectivity index (χ1) is 8.76. The van der Waals surface area contributed by atoms with E-state index in [1.807, 2.05) is 6.07 Å². The molecule has 0 radical (unpaired) electrons.